The number of aliphatic hydroxyl groups is 1. The smallest absolute Gasteiger partial charge is 0.405 e. The summed E-state index contributed by atoms with van der Waals surface area (Å²) >= 11 is 0. The zero-order chi connectivity index (χ0) is 13.2. The predicted octanol–water partition coefficient (Wildman–Crippen LogP) is 2.37. The van der Waals surface area contributed by atoms with Gasteiger partial charge >= 0.3 is 6.36 Å². The number of alkyl halides is 3. The molecule has 0 amide bonds. The van der Waals surface area contributed by atoms with Crippen molar-refractivity contribution in [3.63, 3.8) is 0 Å². The van der Waals surface area contributed by atoms with Crippen LogP contribution < -0.4 is 10.1 Å². The number of ether oxygens (including phenoxy) is 1. The summed E-state index contributed by atoms with van der Waals surface area (Å²) in [6.45, 7) is 0.225. The maximum atomic E-state index is 12.2. The number of rotatable bonds is 5. The van der Waals surface area contributed by atoms with E-state index in [1.165, 1.54) is 18.2 Å². The van der Waals surface area contributed by atoms with Gasteiger partial charge in [-0.15, -0.1) is 13.2 Å². The zero-order valence-electron chi connectivity index (χ0n) is 9.57. The van der Waals surface area contributed by atoms with Gasteiger partial charge in [0.15, 0.2) is 0 Å². The number of benzene rings is 1. The van der Waals surface area contributed by atoms with Crippen molar-refractivity contribution in [3.8, 4) is 5.75 Å². The van der Waals surface area contributed by atoms with Crippen LogP contribution in [-0.2, 0) is 0 Å². The molecule has 0 radical (unpaired) electrons. The van der Waals surface area contributed by atoms with E-state index in [1.807, 2.05) is 0 Å². The van der Waals surface area contributed by atoms with Gasteiger partial charge in [0, 0.05) is 18.2 Å². The highest BCUT2D eigenvalue weighted by atomic mass is 19.4. The molecule has 3 nitrogen and oxygen atoms in total. The molecule has 6 heteroatoms. The second-order valence-corrected chi connectivity index (χ2v) is 4.28. The van der Waals surface area contributed by atoms with Gasteiger partial charge in [0.25, 0.3) is 0 Å². The average molecular weight is 261 g/mol. The van der Waals surface area contributed by atoms with Gasteiger partial charge in [-0.05, 0) is 18.9 Å². The second-order valence-electron chi connectivity index (χ2n) is 4.28. The fraction of sp³-hybridized carbons (Fsp3) is 0.500. The van der Waals surface area contributed by atoms with E-state index < -0.39 is 12.5 Å². The normalized spacial score (nSPS) is 17.6. The van der Waals surface area contributed by atoms with Crippen LogP contribution in [0, 0.1) is 0 Å². The summed E-state index contributed by atoms with van der Waals surface area (Å²) in [6, 6.07) is 6.02. The highest BCUT2D eigenvalue weighted by Gasteiger charge is 2.33. The van der Waals surface area contributed by atoms with E-state index in [0.29, 0.717) is 6.04 Å². The van der Waals surface area contributed by atoms with Crippen molar-refractivity contribution in [2.75, 3.05) is 6.54 Å². The standard InChI is InChI=1S/C12H14F3NO2/c13-12(14,15)18-11-4-2-1-3-9(11)10(17)7-16-8-5-6-8/h1-4,8,10,16-17H,5-7H2. The topological polar surface area (TPSA) is 41.5 Å². The average Bonchev–Trinajstić information content (AvgIpc) is 3.08. The SMILES string of the molecule is OC(CNC1CC1)c1ccccc1OC(F)(F)F. The molecule has 0 aromatic heterocycles. The fourth-order valence-electron chi connectivity index (χ4n) is 1.65. The van der Waals surface area contributed by atoms with Crippen LogP contribution in [0.25, 0.3) is 0 Å². The first-order chi connectivity index (χ1) is 8.46. The molecule has 2 N–H and O–H groups in total. The number of para-hydroxylation sites is 1. The molecule has 1 aliphatic carbocycles. The molecule has 1 saturated carbocycles. The Morgan fingerprint density at radius 1 is 1.33 bits per heavy atom. The van der Waals surface area contributed by atoms with Crippen molar-refractivity contribution in [2.45, 2.75) is 31.3 Å². The minimum atomic E-state index is -4.75. The zero-order valence-corrected chi connectivity index (χ0v) is 9.57. The van der Waals surface area contributed by atoms with E-state index in [2.05, 4.69) is 10.1 Å². The number of halogens is 3. The Kier molecular flexibility index (Phi) is 3.77. The monoisotopic (exact) mass is 261 g/mol. The third-order valence-corrected chi connectivity index (χ3v) is 2.68. The number of hydrogen-bond donors (Lipinski definition) is 2. The fourth-order valence-corrected chi connectivity index (χ4v) is 1.65. The van der Waals surface area contributed by atoms with Crippen LogP contribution in [0.2, 0.25) is 0 Å². The van der Waals surface area contributed by atoms with E-state index in [0.717, 1.165) is 12.8 Å². The lowest BCUT2D eigenvalue weighted by Crippen LogP contribution is -2.25. The van der Waals surface area contributed by atoms with Crippen LogP contribution in [0.4, 0.5) is 13.2 Å². The summed E-state index contributed by atoms with van der Waals surface area (Å²) in [5.74, 6) is -0.352. The van der Waals surface area contributed by atoms with Crippen LogP contribution in [0.3, 0.4) is 0 Å². The molecular formula is C12H14F3NO2. The minimum Gasteiger partial charge on any atom is -0.405 e. The first-order valence-corrected chi connectivity index (χ1v) is 5.72. The molecule has 2 rings (SSSR count). The van der Waals surface area contributed by atoms with Crippen molar-refractivity contribution < 1.29 is 23.0 Å². The van der Waals surface area contributed by atoms with Gasteiger partial charge in [-0.2, -0.15) is 0 Å². The molecule has 1 aliphatic rings. The summed E-state index contributed by atoms with van der Waals surface area (Å²) in [4.78, 5) is 0. The summed E-state index contributed by atoms with van der Waals surface area (Å²) in [5, 5.41) is 12.9. The molecule has 1 unspecified atom stereocenters. The predicted molar refractivity (Wildman–Crippen MR) is 59.1 cm³/mol. The third-order valence-electron chi connectivity index (χ3n) is 2.68. The lowest BCUT2D eigenvalue weighted by atomic mass is 10.1. The first-order valence-electron chi connectivity index (χ1n) is 5.72. The molecular weight excluding hydrogens is 247 g/mol. The summed E-state index contributed by atoms with van der Waals surface area (Å²) < 4.78 is 40.5. The molecule has 100 valence electrons. The maximum Gasteiger partial charge on any atom is 0.573 e. The van der Waals surface area contributed by atoms with Gasteiger partial charge in [-0.1, -0.05) is 18.2 Å². The van der Waals surface area contributed by atoms with Gasteiger partial charge in [0.05, 0.1) is 6.10 Å². The molecule has 18 heavy (non-hydrogen) atoms. The van der Waals surface area contributed by atoms with E-state index in [-0.39, 0.29) is 17.9 Å². The Morgan fingerprint density at radius 3 is 2.61 bits per heavy atom. The minimum absolute atomic E-state index is 0.142. The van der Waals surface area contributed by atoms with Gasteiger partial charge in [0.2, 0.25) is 0 Å². The van der Waals surface area contributed by atoms with Gasteiger partial charge in [0.1, 0.15) is 5.75 Å². The van der Waals surface area contributed by atoms with Crippen LogP contribution in [-0.4, -0.2) is 24.1 Å². The Balaban J connectivity index is 2.04. The Labute approximate surface area is 103 Å². The Bertz CT molecular complexity index is 405. The van der Waals surface area contributed by atoms with E-state index >= 15 is 0 Å². The van der Waals surface area contributed by atoms with Gasteiger partial charge < -0.3 is 15.2 Å². The molecule has 0 spiro atoms. The van der Waals surface area contributed by atoms with Crippen LogP contribution in [0.15, 0.2) is 24.3 Å². The van der Waals surface area contributed by atoms with Crippen LogP contribution in [0.1, 0.15) is 24.5 Å². The highest BCUT2D eigenvalue weighted by molar-refractivity contribution is 5.35. The summed E-state index contributed by atoms with van der Waals surface area (Å²) in [6.07, 6.45) is -3.66. The Morgan fingerprint density at radius 2 is 2.00 bits per heavy atom. The molecule has 0 bridgehead atoms. The van der Waals surface area contributed by atoms with E-state index in [1.54, 1.807) is 6.07 Å². The molecule has 1 aromatic carbocycles. The van der Waals surface area contributed by atoms with Crippen molar-refractivity contribution in [1.82, 2.24) is 5.32 Å². The summed E-state index contributed by atoms with van der Waals surface area (Å²) in [5.41, 5.74) is 0.142. The lowest BCUT2D eigenvalue weighted by Gasteiger charge is -2.17. The van der Waals surface area contributed by atoms with E-state index in [4.69, 9.17) is 0 Å². The molecule has 1 fully saturated rings. The molecule has 0 aliphatic heterocycles. The second kappa shape index (κ2) is 5.16. The van der Waals surface area contributed by atoms with Gasteiger partial charge in [-0.25, -0.2) is 0 Å². The number of hydrogen-bond acceptors (Lipinski definition) is 3. The number of aliphatic hydroxyl groups excluding tert-OH is 1. The molecule has 0 saturated heterocycles. The quantitative estimate of drug-likeness (QED) is 0.855. The van der Waals surface area contributed by atoms with E-state index in [9.17, 15) is 18.3 Å². The third kappa shape index (κ3) is 3.89. The lowest BCUT2D eigenvalue weighted by molar-refractivity contribution is -0.275. The van der Waals surface area contributed by atoms with Crippen molar-refractivity contribution in [3.05, 3.63) is 29.8 Å². The highest BCUT2D eigenvalue weighted by Crippen LogP contribution is 2.30. The summed E-state index contributed by atoms with van der Waals surface area (Å²) in [7, 11) is 0. The Hall–Kier alpha value is -1.27. The van der Waals surface area contributed by atoms with Crippen LogP contribution >= 0.6 is 0 Å². The molecule has 1 atom stereocenters. The number of nitrogens with one attached hydrogen (secondary N) is 1. The molecule has 0 heterocycles. The van der Waals surface area contributed by atoms with Gasteiger partial charge in [-0.3, -0.25) is 0 Å². The van der Waals surface area contributed by atoms with Crippen molar-refractivity contribution in [2.24, 2.45) is 0 Å². The van der Waals surface area contributed by atoms with Crippen LogP contribution in [0.5, 0.6) is 5.75 Å². The first kappa shape index (κ1) is 13.2. The molecule has 1 aromatic rings. The van der Waals surface area contributed by atoms with Crippen molar-refractivity contribution in [1.29, 1.82) is 0 Å². The largest absolute Gasteiger partial charge is 0.573 e. The maximum absolute atomic E-state index is 12.2. The van der Waals surface area contributed by atoms with Crippen molar-refractivity contribution >= 4 is 0 Å².